The summed E-state index contributed by atoms with van der Waals surface area (Å²) >= 11 is 0. The summed E-state index contributed by atoms with van der Waals surface area (Å²) in [5.74, 6) is -0.511. The molecule has 1 fully saturated rings. The molecule has 2 rings (SSSR count). The summed E-state index contributed by atoms with van der Waals surface area (Å²) in [6.07, 6.45) is 2.50. The predicted molar refractivity (Wildman–Crippen MR) is 64.3 cm³/mol. The van der Waals surface area contributed by atoms with Crippen LogP contribution in [-0.4, -0.2) is 23.3 Å². The molecular formula is C11H16BFN2O2. The highest BCUT2D eigenvalue weighted by atomic mass is 19.1. The molecule has 1 aromatic rings. The van der Waals surface area contributed by atoms with E-state index in [0.29, 0.717) is 0 Å². The predicted octanol–water partition coefficient (Wildman–Crippen LogP) is 1.10. The van der Waals surface area contributed by atoms with Crippen molar-refractivity contribution in [1.29, 1.82) is 0 Å². The standard InChI is InChI=1S/C11H16BFN2O2/c1-10(2)11(3,4)17-12(16-10)9-7(13)5-15-6-8(9)14/h5-6H,14H2,1-4H3. The monoisotopic (exact) mass is 238 g/mol. The molecule has 1 saturated heterocycles. The number of nitrogen functional groups attached to an aromatic ring is 1. The van der Waals surface area contributed by atoms with Gasteiger partial charge in [0.25, 0.3) is 0 Å². The van der Waals surface area contributed by atoms with Crippen molar-refractivity contribution in [2.45, 2.75) is 38.9 Å². The Hall–Kier alpha value is -1.14. The Kier molecular flexibility index (Phi) is 2.67. The highest BCUT2D eigenvalue weighted by Gasteiger charge is 2.53. The summed E-state index contributed by atoms with van der Waals surface area (Å²) in [5, 5.41) is 0. The Bertz CT molecular complexity index is 415. The maximum atomic E-state index is 13.7. The molecule has 0 spiro atoms. The van der Waals surface area contributed by atoms with Gasteiger partial charge in [-0.3, -0.25) is 4.98 Å². The highest BCUT2D eigenvalue weighted by molar-refractivity contribution is 6.63. The number of anilines is 1. The van der Waals surface area contributed by atoms with Gasteiger partial charge in [-0.15, -0.1) is 0 Å². The van der Waals surface area contributed by atoms with E-state index in [-0.39, 0.29) is 11.2 Å². The highest BCUT2D eigenvalue weighted by Crippen LogP contribution is 2.36. The fourth-order valence-electron chi connectivity index (χ4n) is 1.67. The van der Waals surface area contributed by atoms with Crippen LogP contribution >= 0.6 is 0 Å². The lowest BCUT2D eigenvalue weighted by Crippen LogP contribution is -2.41. The first-order chi connectivity index (χ1) is 7.74. The van der Waals surface area contributed by atoms with E-state index in [1.54, 1.807) is 0 Å². The molecule has 0 amide bonds. The van der Waals surface area contributed by atoms with Gasteiger partial charge in [0.2, 0.25) is 0 Å². The Labute approximate surface area is 100 Å². The van der Waals surface area contributed by atoms with Gasteiger partial charge in [0.05, 0.1) is 23.1 Å². The zero-order valence-electron chi connectivity index (χ0n) is 10.5. The third kappa shape index (κ3) is 1.91. The molecule has 6 heteroatoms. The molecule has 2 heterocycles. The summed E-state index contributed by atoms with van der Waals surface area (Å²) in [6.45, 7) is 7.62. The lowest BCUT2D eigenvalue weighted by Gasteiger charge is -2.32. The summed E-state index contributed by atoms with van der Waals surface area (Å²) in [5.41, 5.74) is 5.15. The maximum absolute atomic E-state index is 13.7. The molecule has 0 aliphatic carbocycles. The average Bonchev–Trinajstić information content (AvgIpc) is 2.35. The second kappa shape index (κ2) is 3.68. The van der Waals surface area contributed by atoms with Crippen LogP contribution in [0.2, 0.25) is 0 Å². The number of halogens is 1. The van der Waals surface area contributed by atoms with Gasteiger partial charge in [0, 0.05) is 11.7 Å². The van der Waals surface area contributed by atoms with E-state index < -0.39 is 24.1 Å². The second-order valence-corrected chi connectivity index (χ2v) is 5.21. The van der Waals surface area contributed by atoms with Gasteiger partial charge < -0.3 is 15.0 Å². The average molecular weight is 238 g/mol. The van der Waals surface area contributed by atoms with Crippen molar-refractivity contribution in [3.63, 3.8) is 0 Å². The van der Waals surface area contributed by atoms with E-state index >= 15 is 0 Å². The number of rotatable bonds is 1. The van der Waals surface area contributed by atoms with Crippen molar-refractivity contribution in [2.24, 2.45) is 0 Å². The zero-order valence-corrected chi connectivity index (χ0v) is 10.5. The first-order valence-corrected chi connectivity index (χ1v) is 5.49. The Balaban J connectivity index is 2.39. The van der Waals surface area contributed by atoms with Crippen molar-refractivity contribution in [1.82, 2.24) is 4.98 Å². The molecule has 4 nitrogen and oxygen atoms in total. The van der Waals surface area contributed by atoms with Gasteiger partial charge in [0.15, 0.2) is 0 Å². The molecule has 1 aliphatic heterocycles. The number of pyridine rings is 1. The van der Waals surface area contributed by atoms with Crippen LogP contribution in [0.3, 0.4) is 0 Å². The smallest absolute Gasteiger partial charge is 0.399 e. The number of hydrogen-bond donors (Lipinski definition) is 1. The van der Waals surface area contributed by atoms with Crippen molar-refractivity contribution in [2.75, 3.05) is 5.73 Å². The van der Waals surface area contributed by atoms with Crippen molar-refractivity contribution < 1.29 is 13.7 Å². The molecule has 0 bridgehead atoms. The summed E-state index contributed by atoms with van der Waals surface area (Å²) in [7, 11) is -0.789. The third-order valence-corrected chi connectivity index (χ3v) is 3.46. The molecule has 92 valence electrons. The number of aromatic nitrogens is 1. The maximum Gasteiger partial charge on any atom is 0.500 e. The van der Waals surface area contributed by atoms with Crippen molar-refractivity contribution in [3.05, 3.63) is 18.2 Å². The summed E-state index contributed by atoms with van der Waals surface area (Å²) < 4.78 is 25.2. The van der Waals surface area contributed by atoms with Gasteiger partial charge in [-0.25, -0.2) is 4.39 Å². The van der Waals surface area contributed by atoms with Gasteiger partial charge in [-0.05, 0) is 27.7 Å². The molecule has 17 heavy (non-hydrogen) atoms. The quantitative estimate of drug-likeness (QED) is 0.744. The normalized spacial score (nSPS) is 21.8. The summed E-state index contributed by atoms with van der Waals surface area (Å²) in [6, 6.07) is 0. The molecular weight excluding hydrogens is 222 g/mol. The minimum Gasteiger partial charge on any atom is -0.399 e. The van der Waals surface area contributed by atoms with Gasteiger partial charge in [-0.1, -0.05) is 0 Å². The van der Waals surface area contributed by atoms with Gasteiger partial charge in [-0.2, -0.15) is 0 Å². The van der Waals surface area contributed by atoms with Crippen molar-refractivity contribution in [3.8, 4) is 0 Å². The van der Waals surface area contributed by atoms with Crippen LogP contribution in [0.25, 0.3) is 0 Å². The molecule has 2 N–H and O–H groups in total. The van der Waals surface area contributed by atoms with Crippen LogP contribution in [0.15, 0.2) is 12.4 Å². The third-order valence-electron chi connectivity index (χ3n) is 3.46. The number of nitrogens with two attached hydrogens (primary N) is 1. The number of hydrogen-bond acceptors (Lipinski definition) is 4. The van der Waals surface area contributed by atoms with Crippen LogP contribution in [0.4, 0.5) is 10.1 Å². The Morgan fingerprint density at radius 2 is 1.71 bits per heavy atom. The Morgan fingerprint density at radius 3 is 2.18 bits per heavy atom. The second-order valence-electron chi connectivity index (χ2n) is 5.21. The van der Waals surface area contributed by atoms with Crippen LogP contribution < -0.4 is 11.2 Å². The zero-order chi connectivity index (χ0) is 12.8. The van der Waals surface area contributed by atoms with Gasteiger partial charge >= 0.3 is 7.12 Å². The van der Waals surface area contributed by atoms with E-state index in [0.717, 1.165) is 6.20 Å². The molecule has 0 saturated carbocycles. The lowest BCUT2D eigenvalue weighted by atomic mass is 9.78. The van der Waals surface area contributed by atoms with Crippen LogP contribution in [0.1, 0.15) is 27.7 Å². The van der Waals surface area contributed by atoms with E-state index in [2.05, 4.69) is 4.98 Å². The largest absolute Gasteiger partial charge is 0.500 e. The SMILES string of the molecule is CC1(C)OB(c2c(N)cncc2F)OC1(C)C. The number of nitrogens with zero attached hydrogens (tertiary/aromatic N) is 1. The molecule has 0 atom stereocenters. The minimum absolute atomic E-state index is 0.221. The molecule has 0 radical (unpaired) electrons. The minimum atomic E-state index is -0.789. The molecule has 0 unspecified atom stereocenters. The fraction of sp³-hybridized carbons (Fsp3) is 0.545. The van der Waals surface area contributed by atoms with E-state index in [4.69, 9.17) is 15.0 Å². The topological polar surface area (TPSA) is 57.4 Å². The van der Waals surface area contributed by atoms with E-state index in [1.807, 2.05) is 27.7 Å². The lowest BCUT2D eigenvalue weighted by molar-refractivity contribution is 0.00578. The molecule has 0 aromatic carbocycles. The van der Waals surface area contributed by atoms with Crippen LogP contribution in [0.5, 0.6) is 0 Å². The van der Waals surface area contributed by atoms with Crippen molar-refractivity contribution >= 4 is 18.3 Å². The molecule has 1 aliphatic rings. The molecule has 1 aromatic heterocycles. The van der Waals surface area contributed by atoms with E-state index in [1.165, 1.54) is 6.20 Å². The van der Waals surface area contributed by atoms with Crippen LogP contribution in [0, 0.1) is 5.82 Å². The summed E-state index contributed by atoms with van der Waals surface area (Å²) in [4.78, 5) is 3.68. The van der Waals surface area contributed by atoms with E-state index in [9.17, 15) is 4.39 Å². The van der Waals surface area contributed by atoms with Crippen LogP contribution in [-0.2, 0) is 9.31 Å². The first-order valence-electron chi connectivity index (χ1n) is 5.49. The van der Waals surface area contributed by atoms with Gasteiger partial charge in [0.1, 0.15) is 5.82 Å². The Morgan fingerprint density at radius 1 is 1.18 bits per heavy atom. The fourth-order valence-corrected chi connectivity index (χ4v) is 1.67. The first kappa shape index (κ1) is 12.3.